The number of rotatable bonds is 8. The van der Waals surface area contributed by atoms with Gasteiger partial charge in [-0.05, 0) is 61.6 Å². The number of nitrogen functional groups attached to an aromatic ring is 1. The minimum Gasteiger partial charge on any atom is -0.368 e. The number of anilines is 3. The van der Waals surface area contributed by atoms with Crippen LogP contribution in [-0.2, 0) is 11.3 Å². The van der Waals surface area contributed by atoms with E-state index >= 15 is 0 Å². The van der Waals surface area contributed by atoms with Crippen molar-refractivity contribution >= 4 is 34.7 Å². The zero-order valence-corrected chi connectivity index (χ0v) is 23.5. The highest BCUT2D eigenvalue weighted by Crippen LogP contribution is 2.36. The summed E-state index contributed by atoms with van der Waals surface area (Å²) in [6, 6.07) is 17.4. The van der Waals surface area contributed by atoms with Gasteiger partial charge >= 0.3 is 0 Å². The second kappa shape index (κ2) is 11.4. The number of fused-ring (bicyclic) bond motifs is 1. The van der Waals surface area contributed by atoms with E-state index in [1.54, 1.807) is 23.1 Å². The normalized spacial score (nSPS) is 18.2. The van der Waals surface area contributed by atoms with Crippen LogP contribution in [0.25, 0.3) is 28.1 Å². The van der Waals surface area contributed by atoms with E-state index in [-0.39, 0.29) is 11.9 Å². The first kappa shape index (κ1) is 27.0. The lowest BCUT2D eigenvalue weighted by Crippen LogP contribution is -2.39. The van der Waals surface area contributed by atoms with Crippen LogP contribution < -0.4 is 16.4 Å². The number of aromatic nitrogens is 7. The van der Waals surface area contributed by atoms with Crippen LogP contribution in [0.2, 0.25) is 0 Å². The van der Waals surface area contributed by atoms with Crippen LogP contribution in [0.15, 0.2) is 79.1 Å². The molecule has 0 spiro atoms. The van der Waals surface area contributed by atoms with Crippen molar-refractivity contribution in [3.05, 3.63) is 84.7 Å². The summed E-state index contributed by atoms with van der Waals surface area (Å²) in [6.45, 7) is 4.61. The summed E-state index contributed by atoms with van der Waals surface area (Å²) in [5.41, 5.74) is 10.5. The van der Waals surface area contributed by atoms with Gasteiger partial charge < -0.3 is 16.4 Å². The number of amides is 1. The first-order valence-corrected chi connectivity index (χ1v) is 14.0. The van der Waals surface area contributed by atoms with E-state index in [1.807, 2.05) is 55.5 Å². The summed E-state index contributed by atoms with van der Waals surface area (Å²) >= 11 is 0. The second-order valence-corrected chi connectivity index (χ2v) is 10.8. The van der Waals surface area contributed by atoms with Crippen LogP contribution in [0.1, 0.15) is 38.7 Å². The Hall–Kier alpha value is -5.19. The molecule has 11 nitrogen and oxygen atoms in total. The minimum atomic E-state index is -0.485. The number of hydrogen-bond donors (Lipinski definition) is 3. The summed E-state index contributed by atoms with van der Waals surface area (Å²) in [7, 11) is 0. The zero-order valence-electron chi connectivity index (χ0n) is 23.5. The number of nitrogens with one attached hydrogen (secondary N) is 2. The van der Waals surface area contributed by atoms with Crippen molar-refractivity contribution in [1.29, 1.82) is 0 Å². The fourth-order valence-corrected chi connectivity index (χ4v) is 5.32. The third-order valence-electron chi connectivity index (χ3n) is 7.65. The van der Waals surface area contributed by atoms with Gasteiger partial charge in [0.1, 0.15) is 0 Å². The summed E-state index contributed by atoms with van der Waals surface area (Å²) in [4.78, 5) is 30.5. The van der Waals surface area contributed by atoms with Gasteiger partial charge in [-0.15, -0.1) is 5.10 Å². The molecule has 0 saturated carbocycles. The van der Waals surface area contributed by atoms with Gasteiger partial charge in [-0.1, -0.05) is 55.0 Å². The maximum Gasteiger partial charge on any atom is 0.230 e. The van der Waals surface area contributed by atoms with Gasteiger partial charge in [0.05, 0.1) is 23.0 Å². The third-order valence-corrected chi connectivity index (χ3v) is 7.65. The highest BCUT2D eigenvalue weighted by Gasteiger charge is 2.34. The fourth-order valence-electron chi connectivity index (χ4n) is 5.32. The highest BCUT2D eigenvalue weighted by atomic mass is 16.2. The van der Waals surface area contributed by atoms with E-state index in [2.05, 4.69) is 55.0 Å². The quantitative estimate of drug-likeness (QED) is 0.223. The van der Waals surface area contributed by atoms with Gasteiger partial charge in [0.25, 0.3) is 0 Å². The van der Waals surface area contributed by atoms with Crippen molar-refractivity contribution in [2.75, 3.05) is 11.1 Å². The molecule has 3 aromatic heterocycles. The topological polar surface area (TPSA) is 149 Å². The van der Waals surface area contributed by atoms with Crippen molar-refractivity contribution in [3.8, 4) is 16.9 Å². The monoisotopic (exact) mass is 560 g/mol. The average molecular weight is 561 g/mol. The molecule has 1 aliphatic rings. The molecule has 2 unspecified atom stereocenters. The molecule has 42 heavy (non-hydrogen) atoms. The third kappa shape index (κ3) is 5.67. The molecule has 0 aliphatic heterocycles. The van der Waals surface area contributed by atoms with Crippen molar-refractivity contribution in [2.24, 2.45) is 11.3 Å². The molecule has 11 heteroatoms. The van der Waals surface area contributed by atoms with E-state index < -0.39 is 5.41 Å². The molecule has 0 radical (unpaired) electrons. The van der Waals surface area contributed by atoms with E-state index in [0.29, 0.717) is 29.6 Å². The Bertz CT molecular complexity index is 1780. The van der Waals surface area contributed by atoms with Crippen LogP contribution in [0, 0.1) is 11.3 Å². The van der Waals surface area contributed by atoms with Gasteiger partial charge in [-0.3, -0.25) is 4.79 Å². The van der Waals surface area contributed by atoms with Gasteiger partial charge in [0.2, 0.25) is 17.8 Å². The van der Waals surface area contributed by atoms with Crippen molar-refractivity contribution < 1.29 is 4.79 Å². The Morgan fingerprint density at radius 1 is 1.12 bits per heavy atom. The fraction of sp³-hybridized carbons (Fsp3) is 0.258. The van der Waals surface area contributed by atoms with Crippen LogP contribution in [-0.4, -0.2) is 40.8 Å². The van der Waals surface area contributed by atoms with E-state index in [9.17, 15) is 4.79 Å². The van der Waals surface area contributed by atoms with Crippen LogP contribution in [0.5, 0.6) is 0 Å². The van der Waals surface area contributed by atoms with Gasteiger partial charge in [0.15, 0.2) is 11.2 Å². The maximum absolute atomic E-state index is 13.1. The molecular weight excluding hydrogens is 528 g/mol. The standard InChI is InChI=1S/C31H32N10O/c1-3-20-8-6-13-31(2,17-20)28(42)34-18-21-7-4-11-24(15-21)41-27-26(39-40-41)19-35-30(38-27)36-23-10-5-9-22(16-23)25-12-14-33-29(32)37-25/h4-7,9-16,19-20H,3,8,17-18H2,1-2H3,(H,34,42)(H2,32,33,37)(H,35,36,38). The summed E-state index contributed by atoms with van der Waals surface area (Å²) in [5, 5.41) is 15.0. The molecule has 4 N–H and O–H groups in total. The lowest BCUT2D eigenvalue weighted by molar-refractivity contribution is -0.129. The highest BCUT2D eigenvalue weighted by molar-refractivity contribution is 5.84. The molecule has 0 bridgehead atoms. The molecule has 212 valence electrons. The van der Waals surface area contributed by atoms with E-state index in [0.717, 1.165) is 47.5 Å². The minimum absolute atomic E-state index is 0.0456. The lowest BCUT2D eigenvalue weighted by atomic mass is 9.74. The lowest BCUT2D eigenvalue weighted by Gasteiger charge is -2.32. The number of carbonyl (C=O) groups is 1. The Balaban J connectivity index is 1.20. The Morgan fingerprint density at radius 2 is 2.00 bits per heavy atom. The molecule has 2 atom stereocenters. The first-order valence-electron chi connectivity index (χ1n) is 14.0. The number of nitrogens with zero attached hydrogens (tertiary/aromatic N) is 7. The van der Waals surface area contributed by atoms with Gasteiger partial charge in [-0.25, -0.2) is 15.0 Å². The van der Waals surface area contributed by atoms with Crippen LogP contribution >= 0.6 is 0 Å². The Morgan fingerprint density at radius 3 is 2.86 bits per heavy atom. The smallest absolute Gasteiger partial charge is 0.230 e. The summed E-state index contributed by atoms with van der Waals surface area (Å²) in [6.07, 6.45) is 10.4. The Labute approximate surface area is 243 Å². The molecule has 1 amide bonds. The molecule has 3 heterocycles. The first-order chi connectivity index (χ1) is 20.4. The largest absolute Gasteiger partial charge is 0.368 e. The van der Waals surface area contributed by atoms with Gasteiger partial charge in [0, 0.05) is 24.0 Å². The number of hydrogen-bond acceptors (Lipinski definition) is 9. The molecule has 5 aromatic rings. The second-order valence-electron chi connectivity index (χ2n) is 10.8. The molecule has 0 saturated heterocycles. The Kier molecular flexibility index (Phi) is 7.30. The van der Waals surface area contributed by atoms with E-state index in [1.165, 1.54) is 0 Å². The number of carbonyl (C=O) groups excluding carboxylic acids is 1. The number of nitrogens with two attached hydrogens (primary N) is 1. The molecule has 6 rings (SSSR count). The predicted molar refractivity (Wildman–Crippen MR) is 162 cm³/mol. The zero-order chi connectivity index (χ0) is 29.1. The summed E-state index contributed by atoms with van der Waals surface area (Å²) < 4.78 is 1.67. The van der Waals surface area contributed by atoms with Crippen LogP contribution in [0.4, 0.5) is 17.6 Å². The molecule has 1 aliphatic carbocycles. The summed E-state index contributed by atoms with van der Waals surface area (Å²) in [5.74, 6) is 1.20. The average Bonchev–Trinajstić information content (AvgIpc) is 3.43. The van der Waals surface area contributed by atoms with Crippen molar-refractivity contribution in [1.82, 2.24) is 40.2 Å². The predicted octanol–water partition coefficient (Wildman–Crippen LogP) is 4.99. The SMILES string of the molecule is CCC1CC=CC(C)(C(=O)NCc2cccc(-n3nnc4cnc(Nc5cccc(-c6ccnc(N)n6)c5)nc43)c2)C1. The molecule has 2 aromatic carbocycles. The van der Waals surface area contributed by atoms with Crippen molar-refractivity contribution in [3.63, 3.8) is 0 Å². The number of allylic oxidation sites excluding steroid dienone is 1. The molecular formula is C31H32N10O. The van der Waals surface area contributed by atoms with Crippen molar-refractivity contribution in [2.45, 2.75) is 39.7 Å². The van der Waals surface area contributed by atoms with E-state index in [4.69, 9.17) is 10.7 Å². The van der Waals surface area contributed by atoms with Gasteiger partial charge in [-0.2, -0.15) is 9.67 Å². The maximum atomic E-state index is 13.1. The van der Waals surface area contributed by atoms with Crippen LogP contribution in [0.3, 0.4) is 0 Å². The number of benzene rings is 2. The molecule has 0 fully saturated rings.